The summed E-state index contributed by atoms with van der Waals surface area (Å²) in [7, 11) is 1.45. The topological polar surface area (TPSA) is 89.4 Å². The van der Waals surface area contributed by atoms with Gasteiger partial charge in [0.1, 0.15) is 0 Å². The van der Waals surface area contributed by atoms with Gasteiger partial charge in [0, 0.05) is 10.0 Å². The van der Waals surface area contributed by atoms with Gasteiger partial charge in [-0.1, -0.05) is 28.1 Å². The third-order valence-corrected chi connectivity index (χ3v) is 3.65. The third-order valence-electron chi connectivity index (χ3n) is 3.19. The van der Waals surface area contributed by atoms with E-state index in [4.69, 9.17) is 14.2 Å². The van der Waals surface area contributed by atoms with Crippen LogP contribution in [-0.4, -0.2) is 37.6 Å². The van der Waals surface area contributed by atoms with Crippen LogP contribution in [0.2, 0.25) is 0 Å². The van der Waals surface area contributed by atoms with Crippen LogP contribution < -0.4 is 19.6 Å². The second kappa shape index (κ2) is 9.67. The zero-order valence-electron chi connectivity index (χ0n) is 14.4. The number of nitrogens with one attached hydrogen (secondary N) is 1. The van der Waals surface area contributed by atoms with Crippen LogP contribution in [0.15, 0.2) is 46.0 Å². The van der Waals surface area contributed by atoms with Gasteiger partial charge in [0.25, 0.3) is 5.91 Å². The number of carbonyl (C=O) groups is 1. The molecule has 0 unspecified atom stereocenters. The summed E-state index contributed by atoms with van der Waals surface area (Å²) in [5.41, 5.74) is 2.72. The molecule has 0 saturated carbocycles. The van der Waals surface area contributed by atoms with Gasteiger partial charge in [0.15, 0.2) is 29.6 Å². The summed E-state index contributed by atoms with van der Waals surface area (Å²) in [5.74, 6) is 0.813. The van der Waals surface area contributed by atoms with Gasteiger partial charge < -0.3 is 19.3 Å². The summed E-state index contributed by atoms with van der Waals surface area (Å²) in [6, 6.07) is 10.3. The zero-order valence-corrected chi connectivity index (χ0v) is 15.9. The molecule has 0 spiro atoms. The van der Waals surface area contributed by atoms with E-state index in [1.165, 1.54) is 13.3 Å². The molecule has 0 atom stereocenters. The van der Waals surface area contributed by atoms with E-state index in [1.54, 1.807) is 30.3 Å². The van der Waals surface area contributed by atoms with Crippen molar-refractivity contribution < 1.29 is 24.1 Å². The predicted octanol–water partition coefficient (Wildman–Crippen LogP) is 3.09. The van der Waals surface area contributed by atoms with Gasteiger partial charge in [-0.15, -0.1) is 0 Å². The lowest BCUT2D eigenvalue weighted by atomic mass is 10.2. The second-order valence-electron chi connectivity index (χ2n) is 5.01. The monoisotopic (exact) mass is 422 g/mol. The Hall–Kier alpha value is -2.74. The number of aromatic hydroxyl groups is 1. The van der Waals surface area contributed by atoms with Crippen molar-refractivity contribution in [2.45, 2.75) is 6.92 Å². The van der Waals surface area contributed by atoms with Gasteiger partial charge in [-0.05, 0) is 31.2 Å². The fourth-order valence-electron chi connectivity index (χ4n) is 2.04. The molecule has 8 heteroatoms. The Bertz CT molecular complexity index is 795. The minimum Gasteiger partial charge on any atom is -0.504 e. The SMILES string of the molecule is CCOc1ccccc1OCC(=O)NN=Cc1cc(Br)cc(OC)c1O. The second-order valence-corrected chi connectivity index (χ2v) is 5.92. The average Bonchev–Trinajstić information content (AvgIpc) is 2.63. The molecule has 0 aliphatic heterocycles. The lowest BCUT2D eigenvalue weighted by Gasteiger charge is -2.10. The molecule has 26 heavy (non-hydrogen) atoms. The lowest BCUT2D eigenvalue weighted by Crippen LogP contribution is -2.24. The van der Waals surface area contributed by atoms with Crippen LogP contribution in [-0.2, 0) is 4.79 Å². The highest BCUT2D eigenvalue weighted by molar-refractivity contribution is 9.10. The number of rotatable bonds is 8. The highest BCUT2D eigenvalue weighted by Gasteiger charge is 2.09. The number of methoxy groups -OCH3 is 1. The first-order valence-corrected chi connectivity index (χ1v) is 8.57. The molecule has 0 radical (unpaired) electrons. The fraction of sp³-hybridized carbons (Fsp3) is 0.222. The number of amides is 1. The van der Waals surface area contributed by atoms with Crippen molar-refractivity contribution in [1.29, 1.82) is 0 Å². The first-order chi connectivity index (χ1) is 12.5. The first-order valence-electron chi connectivity index (χ1n) is 7.78. The maximum Gasteiger partial charge on any atom is 0.277 e. The Morgan fingerprint density at radius 3 is 2.58 bits per heavy atom. The van der Waals surface area contributed by atoms with Gasteiger partial charge in [-0.25, -0.2) is 5.43 Å². The van der Waals surface area contributed by atoms with Crippen molar-refractivity contribution in [3.05, 3.63) is 46.4 Å². The number of hydrazone groups is 1. The Balaban J connectivity index is 1.93. The van der Waals surface area contributed by atoms with E-state index < -0.39 is 5.91 Å². The van der Waals surface area contributed by atoms with Crippen molar-refractivity contribution in [2.75, 3.05) is 20.3 Å². The van der Waals surface area contributed by atoms with Gasteiger partial charge in [0.05, 0.1) is 19.9 Å². The summed E-state index contributed by atoms with van der Waals surface area (Å²) < 4.78 is 16.6. The molecule has 7 nitrogen and oxygen atoms in total. The number of phenolic OH excluding ortho intramolecular Hbond substituents is 1. The molecule has 0 fully saturated rings. The normalized spacial score (nSPS) is 10.6. The minimum atomic E-state index is -0.450. The summed E-state index contributed by atoms with van der Waals surface area (Å²) >= 11 is 3.31. The Labute approximate surface area is 159 Å². The molecule has 138 valence electrons. The highest BCUT2D eigenvalue weighted by Crippen LogP contribution is 2.32. The fourth-order valence-corrected chi connectivity index (χ4v) is 2.50. The summed E-state index contributed by atoms with van der Waals surface area (Å²) in [4.78, 5) is 11.9. The van der Waals surface area contributed by atoms with Crippen molar-refractivity contribution in [2.24, 2.45) is 5.10 Å². The average molecular weight is 423 g/mol. The number of halogens is 1. The number of ether oxygens (including phenoxy) is 3. The van der Waals surface area contributed by atoms with E-state index in [-0.39, 0.29) is 12.4 Å². The molecule has 2 rings (SSSR count). The van der Waals surface area contributed by atoms with E-state index in [1.807, 2.05) is 13.0 Å². The van der Waals surface area contributed by atoms with Crippen LogP contribution in [0.4, 0.5) is 0 Å². The van der Waals surface area contributed by atoms with Crippen LogP contribution >= 0.6 is 15.9 Å². The van der Waals surface area contributed by atoms with Crippen molar-refractivity contribution in [3.8, 4) is 23.0 Å². The van der Waals surface area contributed by atoms with Crippen molar-refractivity contribution in [3.63, 3.8) is 0 Å². The number of phenols is 1. The van der Waals surface area contributed by atoms with Crippen LogP contribution in [0.1, 0.15) is 12.5 Å². The standard InChI is InChI=1S/C18H19BrN2O5/c1-3-25-14-6-4-5-7-15(14)26-11-17(22)21-20-10-12-8-13(19)9-16(24-2)18(12)23/h4-10,23H,3,11H2,1-2H3,(H,21,22). The van der Waals surface area contributed by atoms with E-state index in [2.05, 4.69) is 26.5 Å². The van der Waals surface area contributed by atoms with Crippen LogP contribution in [0.25, 0.3) is 0 Å². The van der Waals surface area contributed by atoms with E-state index in [9.17, 15) is 9.90 Å². The first kappa shape index (κ1) is 19.6. The van der Waals surface area contributed by atoms with Gasteiger partial charge in [-0.2, -0.15) is 5.10 Å². The number of carbonyl (C=O) groups excluding carboxylic acids is 1. The Kier molecular flexibility index (Phi) is 7.28. The van der Waals surface area contributed by atoms with Crippen LogP contribution in [0.3, 0.4) is 0 Å². The molecule has 1 amide bonds. The predicted molar refractivity (Wildman–Crippen MR) is 101 cm³/mol. The van der Waals surface area contributed by atoms with Crippen molar-refractivity contribution in [1.82, 2.24) is 5.43 Å². The largest absolute Gasteiger partial charge is 0.504 e. The Morgan fingerprint density at radius 1 is 1.23 bits per heavy atom. The quantitative estimate of drug-likeness (QED) is 0.503. The van der Waals surface area contributed by atoms with Gasteiger partial charge in [0.2, 0.25) is 0 Å². The maximum atomic E-state index is 11.9. The minimum absolute atomic E-state index is 0.0735. The molecular weight excluding hydrogens is 404 g/mol. The lowest BCUT2D eigenvalue weighted by molar-refractivity contribution is -0.123. The number of hydrogen-bond acceptors (Lipinski definition) is 6. The van der Waals surface area contributed by atoms with Gasteiger partial charge in [-0.3, -0.25) is 4.79 Å². The molecule has 0 aromatic heterocycles. The van der Waals surface area contributed by atoms with E-state index >= 15 is 0 Å². The molecular formula is C18H19BrN2O5. The van der Waals surface area contributed by atoms with E-state index in [0.29, 0.717) is 33.9 Å². The molecule has 0 aliphatic carbocycles. The number of para-hydroxylation sites is 2. The molecule has 0 bridgehead atoms. The molecule has 2 aromatic carbocycles. The van der Waals surface area contributed by atoms with Gasteiger partial charge >= 0.3 is 0 Å². The third kappa shape index (κ3) is 5.38. The molecule has 0 heterocycles. The zero-order chi connectivity index (χ0) is 18.9. The van der Waals surface area contributed by atoms with E-state index in [0.717, 1.165) is 0 Å². The summed E-state index contributed by atoms with van der Waals surface area (Å²) in [5, 5.41) is 13.8. The van der Waals surface area contributed by atoms with Crippen LogP contribution in [0.5, 0.6) is 23.0 Å². The Morgan fingerprint density at radius 2 is 1.92 bits per heavy atom. The maximum absolute atomic E-state index is 11.9. The molecule has 2 N–H and O–H groups in total. The van der Waals surface area contributed by atoms with Crippen LogP contribution in [0, 0.1) is 0 Å². The number of benzene rings is 2. The smallest absolute Gasteiger partial charge is 0.277 e. The summed E-state index contributed by atoms with van der Waals surface area (Å²) in [6.07, 6.45) is 1.31. The number of hydrogen-bond donors (Lipinski definition) is 2. The molecule has 2 aromatic rings. The number of nitrogens with zero attached hydrogens (tertiary/aromatic N) is 1. The van der Waals surface area contributed by atoms with Crippen molar-refractivity contribution >= 4 is 28.1 Å². The highest BCUT2D eigenvalue weighted by atomic mass is 79.9. The molecule has 0 saturated heterocycles. The summed E-state index contributed by atoms with van der Waals surface area (Å²) in [6.45, 7) is 2.14. The molecule has 0 aliphatic rings.